The first-order valence-corrected chi connectivity index (χ1v) is 9.16. The van der Waals surface area contributed by atoms with Crippen molar-refractivity contribution in [2.45, 2.75) is 26.4 Å². The molecule has 0 radical (unpaired) electrons. The van der Waals surface area contributed by atoms with E-state index in [1.165, 1.54) is 16.9 Å². The molecular formula is C20H18N2O2S. The van der Waals surface area contributed by atoms with Gasteiger partial charge in [0.05, 0.1) is 12.2 Å². The van der Waals surface area contributed by atoms with Gasteiger partial charge in [-0.1, -0.05) is 53.8 Å². The fourth-order valence-electron chi connectivity index (χ4n) is 3.35. The maximum atomic E-state index is 12.9. The number of nitrogens with zero attached hydrogens (tertiary/aromatic N) is 2. The van der Waals surface area contributed by atoms with E-state index >= 15 is 0 Å². The first kappa shape index (κ1) is 15.8. The number of thiazole rings is 1. The molecule has 4 rings (SSSR count). The van der Waals surface area contributed by atoms with Crippen LogP contribution in [0.4, 0.5) is 5.69 Å². The molecule has 2 aromatic carbocycles. The highest BCUT2D eigenvalue weighted by Gasteiger charge is 2.25. The van der Waals surface area contributed by atoms with E-state index in [4.69, 9.17) is 0 Å². The van der Waals surface area contributed by atoms with Crippen molar-refractivity contribution < 1.29 is 4.79 Å². The Balaban J connectivity index is 1.63. The highest BCUT2D eigenvalue weighted by Crippen LogP contribution is 2.38. The van der Waals surface area contributed by atoms with Crippen LogP contribution in [-0.2, 0) is 17.9 Å². The molecule has 0 atom stereocenters. The van der Waals surface area contributed by atoms with Crippen LogP contribution >= 0.6 is 11.3 Å². The average Bonchev–Trinajstić information content (AvgIpc) is 2.97. The van der Waals surface area contributed by atoms with E-state index in [2.05, 4.69) is 18.2 Å². The maximum absolute atomic E-state index is 12.9. The molecule has 0 saturated heterocycles. The van der Waals surface area contributed by atoms with E-state index in [1.807, 2.05) is 47.5 Å². The maximum Gasteiger partial charge on any atom is 0.307 e. The van der Waals surface area contributed by atoms with Gasteiger partial charge in [-0.2, -0.15) is 0 Å². The minimum Gasteiger partial charge on any atom is -0.307 e. The standard InChI is InChI=1S/C20H18N2O2S/c1-14-13-25-20(24)21(14)11-10-19(23)22-12-15-6-2-3-7-16(15)17-8-4-5-9-18(17)22/h2-9,13H,10-12H2,1H3. The third-order valence-corrected chi connectivity index (χ3v) is 5.54. The molecule has 0 saturated carbocycles. The van der Waals surface area contributed by atoms with Crippen LogP contribution in [0.15, 0.2) is 58.7 Å². The Hall–Kier alpha value is -2.66. The lowest BCUT2D eigenvalue weighted by Gasteiger charge is -2.31. The molecule has 1 aliphatic rings. The molecule has 0 N–H and O–H groups in total. The lowest BCUT2D eigenvalue weighted by molar-refractivity contribution is -0.119. The van der Waals surface area contributed by atoms with Crippen LogP contribution in [-0.4, -0.2) is 10.5 Å². The molecule has 0 spiro atoms. The van der Waals surface area contributed by atoms with E-state index in [0.29, 0.717) is 19.5 Å². The number of carbonyl (C=O) groups excluding carboxylic acids is 1. The largest absolute Gasteiger partial charge is 0.307 e. The van der Waals surface area contributed by atoms with Gasteiger partial charge in [0.2, 0.25) is 5.91 Å². The molecule has 1 aromatic heterocycles. The molecule has 126 valence electrons. The molecule has 0 unspecified atom stereocenters. The second-order valence-electron chi connectivity index (χ2n) is 6.20. The van der Waals surface area contributed by atoms with Gasteiger partial charge in [-0.05, 0) is 24.1 Å². The number of rotatable bonds is 3. The zero-order valence-corrected chi connectivity index (χ0v) is 14.8. The lowest BCUT2D eigenvalue weighted by Crippen LogP contribution is -2.34. The Bertz CT molecular complexity index is 1000. The van der Waals surface area contributed by atoms with Gasteiger partial charge in [0.25, 0.3) is 0 Å². The number of benzene rings is 2. The highest BCUT2D eigenvalue weighted by molar-refractivity contribution is 7.07. The predicted molar refractivity (Wildman–Crippen MR) is 101 cm³/mol. The van der Waals surface area contributed by atoms with Gasteiger partial charge in [0.1, 0.15) is 0 Å². The minimum atomic E-state index is -0.00492. The molecule has 1 amide bonds. The fraction of sp³-hybridized carbons (Fsp3) is 0.200. The number of anilines is 1. The third kappa shape index (κ3) is 2.81. The van der Waals surface area contributed by atoms with Crippen LogP contribution in [0.25, 0.3) is 11.1 Å². The Kier molecular flexibility index (Phi) is 4.01. The van der Waals surface area contributed by atoms with Crippen molar-refractivity contribution in [3.05, 3.63) is 74.8 Å². The average molecular weight is 350 g/mol. The molecule has 3 aromatic rings. The molecule has 4 nitrogen and oxygen atoms in total. The first-order valence-electron chi connectivity index (χ1n) is 8.28. The van der Waals surface area contributed by atoms with Gasteiger partial charge in [-0.15, -0.1) is 0 Å². The molecular weight excluding hydrogens is 332 g/mol. The summed E-state index contributed by atoms with van der Waals surface area (Å²) in [6.45, 7) is 2.89. The SMILES string of the molecule is Cc1csc(=O)n1CCC(=O)N1Cc2ccccc2-c2ccccc21. The fourth-order valence-corrected chi connectivity index (χ4v) is 4.11. The summed E-state index contributed by atoms with van der Waals surface area (Å²) >= 11 is 1.18. The van der Waals surface area contributed by atoms with Crippen molar-refractivity contribution in [1.29, 1.82) is 0 Å². The number of aryl methyl sites for hydroxylation is 1. The number of para-hydroxylation sites is 1. The molecule has 0 bridgehead atoms. The van der Waals surface area contributed by atoms with Gasteiger partial charge in [0.15, 0.2) is 0 Å². The summed E-state index contributed by atoms with van der Waals surface area (Å²) in [5, 5.41) is 1.83. The predicted octanol–water partition coefficient (Wildman–Crippen LogP) is 3.82. The molecule has 1 aliphatic heterocycles. The van der Waals surface area contributed by atoms with Crippen LogP contribution in [0.5, 0.6) is 0 Å². The van der Waals surface area contributed by atoms with Crippen LogP contribution in [0.2, 0.25) is 0 Å². The Morgan fingerprint density at radius 3 is 2.56 bits per heavy atom. The second kappa shape index (κ2) is 6.33. The van der Waals surface area contributed by atoms with Crippen molar-refractivity contribution in [1.82, 2.24) is 4.57 Å². The summed E-state index contributed by atoms with van der Waals surface area (Å²) in [5.41, 5.74) is 5.28. The Labute approximate surface area is 150 Å². The number of carbonyl (C=O) groups is 1. The molecule has 0 aliphatic carbocycles. The van der Waals surface area contributed by atoms with E-state index in [-0.39, 0.29) is 10.8 Å². The number of hydrogen-bond donors (Lipinski definition) is 0. The number of hydrogen-bond acceptors (Lipinski definition) is 3. The highest BCUT2D eigenvalue weighted by atomic mass is 32.1. The zero-order chi connectivity index (χ0) is 17.4. The van der Waals surface area contributed by atoms with E-state index in [0.717, 1.165) is 22.5 Å². The van der Waals surface area contributed by atoms with E-state index < -0.39 is 0 Å². The normalized spacial score (nSPS) is 12.6. The lowest BCUT2D eigenvalue weighted by atomic mass is 9.93. The monoisotopic (exact) mass is 350 g/mol. The summed E-state index contributed by atoms with van der Waals surface area (Å²) in [6.07, 6.45) is 0.313. The third-order valence-electron chi connectivity index (χ3n) is 4.66. The summed E-state index contributed by atoms with van der Waals surface area (Å²) in [4.78, 5) is 26.6. The van der Waals surface area contributed by atoms with Crippen molar-refractivity contribution in [3.63, 3.8) is 0 Å². The Morgan fingerprint density at radius 1 is 1.08 bits per heavy atom. The first-order chi connectivity index (χ1) is 12.1. The smallest absolute Gasteiger partial charge is 0.307 e. The van der Waals surface area contributed by atoms with Gasteiger partial charge < -0.3 is 9.47 Å². The van der Waals surface area contributed by atoms with Crippen molar-refractivity contribution >= 4 is 22.9 Å². The van der Waals surface area contributed by atoms with Gasteiger partial charge >= 0.3 is 4.87 Å². The molecule has 0 fully saturated rings. The number of aromatic nitrogens is 1. The zero-order valence-electron chi connectivity index (χ0n) is 13.9. The molecule has 5 heteroatoms. The van der Waals surface area contributed by atoms with Gasteiger partial charge in [0, 0.05) is 29.6 Å². The van der Waals surface area contributed by atoms with Crippen molar-refractivity contribution in [2.75, 3.05) is 4.90 Å². The van der Waals surface area contributed by atoms with Gasteiger partial charge in [-0.25, -0.2) is 0 Å². The number of amides is 1. The minimum absolute atomic E-state index is 0.00492. The van der Waals surface area contributed by atoms with Crippen molar-refractivity contribution in [2.24, 2.45) is 0 Å². The van der Waals surface area contributed by atoms with Crippen LogP contribution in [0, 0.1) is 6.92 Å². The summed E-state index contributed by atoms with van der Waals surface area (Å²) in [7, 11) is 0. The Morgan fingerprint density at radius 2 is 1.80 bits per heavy atom. The van der Waals surface area contributed by atoms with Crippen LogP contribution < -0.4 is 9.77 Å². The quantitative estimate of drug-likeness (QED) is 0.721. The van der Waals surface area contributed by atoms with E-state index in [9.17, 15) is 9.59 Å². The van der Waals surface area contributed by atoms with Crippen LogP contribution in [0.1, 0.15) is 17.7 Å². The second-order valence-corrected chi connectivity index (χ2v) is 7.02. The van der Waals surface area contributed by atoms with E-state index in [1.54, 1.807) is 4.57 Å². The summed E-state index contributed by atoms with van der Waals surface area (Å²) < 4.78 is 1.67. The number of fused-ring (bicyclic) bond motifs is 3. The molecule has 2 heterocycles. The topological polar surface area (TPSA) is 42.3 Å². The molecule has 25 heavy (non-hydrogen) atoms. The summed E-state index contributed by atoms with van der Waals surface area (Å²) in [6, 6.07) is 16.2. The van der Waals surface area contributed by atoms with Gasteiger partial charge in [-0.3, -0.25) is 9.59 Å². The van der Waals surface area contributed by atoms with Crippen LogP contribution in [0.3, 0.4) is 0 Å². The summed E-state index contributed by atoms with van der Waals surface area (Å²) in [5.74, 6) is 0.0412. The van der Waals surface area contributed by atoms with Crippen molar-refractivity contribution in [3.8, 4) is 11.1 Å².